The van der Waals surface area contributed by atoms with Crippen LogP contribution in [0.3, 0.4) is 0 Å². The summed E-state index contributed by atoms with van der Waals surface area (Å²) in [6, 6.07) is 3.46. The first kappa shape index (κ1) is 17.3. The van der Waals surface area contributed by atoms with Crippen LogP contribution in [0.5, 0.6) is 11.5 Å². The van der Waals surface area contributed by atoms with Crippen LogP contribution in [0.1, 0.15) is 24.2 Å². The van der Waals surface area contributed by atoms with Crippen molar-refractivity contribution in [1.82, 2.24) is 5.32 Å². The molecule has 0 fully saturated rings. The van der Waals surface area contributed by atoms with Gasteiger partial charge in [-0.05, 0) is 32.0 Å². The number of methoxy groups -OCH3 is 1. The number of hydrogen-bond donors (Lipinski definition) is 2. The summed E-state index contributed by atoms with van der Waals surface area (Å²) >= 11 is 0. The number of carbonyl (C=O) groups is 3. The predicted molar refractivity (Wildman–Crippen MR) is 76.8 cm³/mol. The van der Waals surface area contributed by atoms with Crippen LogP contribution >= 0.6 is 0 Å². The van der Waals surface area contributed by atoms with E-state index in [-0.39, 0.29) is 5.56 Å². The summed E-state index contributed by atoms with van der Waals surface area (Å²) in [5, 5.41) is 1.83. The molecule has 0 saturated heterocycles. The van der Waals surface area contributed by atoms with Crippen molar-refractivity contribution in [2.45, 2.75) is 20.0 Å². The number of nitrogens with two attached hydrogens (primary N) is 1. The third kappa shape index (κ3) is 4.65. The van der Waals surface area contributed by atoms with E-state index in [1.807, 2.05) is 12.2 Å². The molecule has 0 radical (unpaired) electrons. The van der Waals surface area contributed by atoms with E-state index in [4.69, 9.17) is 19.9 Å². The summed E-state index contributed by atoms with van der Waals surface area (Å²) in [6.07, 6.45) is -1.17. The maximum atomic E-state index is 12.0. The molecule has 0 aliphatic heterocycles. The number of imide groups is 1. The van der Waals surface area contributed by atoms with E-state index in [0.717, 1.165) is 0 Å². The van der Waals surface area contributed by atoms with Crippen LogP contribution in [0.15, 0.2) is 18.2 Å². The Labute approximate surface area is 127 Å². The first-order chi connectivity index (χ1) is 10.4. The van der Waals surface area contributed by atoms with Crippen molar-refractivity contribution in [3.05, 3.63) is 23.8 Å². The molecule has 8 heteroatoms. The fraction of sp³-hybridized carbons (Fsp3) is 0.357. The lowest BCUT2D eigenvalue weighted by atomic mass is 10.2. The summed E-state index contributed by atoms with van der Waals surface area (Å²) in [4.78, 5) is 34.0. The van der Waals surface area contributed by atoms with E-state index in [9.17, 15) is 14.4 Å². The van der Waals surface area contributed by atoms with E-state index < -0.39 is 24.0 Å². The van der Waals surface area contributed by atoms with Gasteiger partial charge in [-0.1, -0.05) is 0 Å². The van der Waals surface area contributed by atoms with Gasteiger partial charge in [0.15, 0.2) is 17.6 Å². The molecule has 0 aromatic heterocycles. The average Bonchev–Trinajstić information content (AvgIpc) is 2.47. The molecule has 1 atom stereocenters. The minimum atomic E-state index is -1.17. The molecule has 3 N–H and O–H groups in total. The number of benzene rings is 1. The van der Waals surface area contributed by atoms with Crippen LogP contribution in [0, 0.1) is 0 Å². The summed E-state index contributed by atoms with van der Waals surface area (Å²) in [6.45, 7) is 3.59. The normalized spacial score (nSPS) is 11.2. The summed E-state index contributed by atoms with van der Waals surface area (Å²) < 4.78 is 15.4. The number of nitrogens with one attached hydrogen (secondary N) is 1. The predicted octanol–water partition coefficient (Wildman–Crippen LogP) is 0.834. The second kappa shape index (κ2) is 7.87. The lowest BCUT2D eigenvalue weighted by molar-refractivity contribution is -0.127. The number of amides is 3. The first-order valence-corrected chi connectivity index (χ1v) is 6.51. The minimum absolute atomic E-state index is 0.180. The Bertz CT molecular complexity index is 572. The van der Waals surface area contributed by atoms with Gasteiger partial charge >= 0.3 is 12.0 Å². The highest BCUT2D eigenvalue weighted by molar-refractivity contribution is 5.98. The number of ether oxygens (including phenoxy) is 3. The average molecular weight is 310 g/mol. The summed E-state index contributed by atoms with van der Waals surface area (Å²) in [7, 11) is 1.44. The van der Waals surface area contributed by atoms with Gasteiger partial charge < -0.3 is 19.9 Å². The molecular formula is C14H18N2O6. The van der Waals surface area contributed by atoms with Gasteiger partial charge in [0.2, 0.25) is 0 Å². The number of hydrogen-bond acceptors (Lipinski definition) is 6. The van der Waals surface area contributed by atoms with Crippen molar-refractivity contribution in [1.29, 1.82) is 0 Å². The molecule has 0 bridgehead atoms. The number of esters is 1. The lowest BCUT2D eigenvalue weighted by Crippen LogP contribution is -2.42. The maximum Gasteiger partial charge on any atom is 0.339 e. The Balaban J connectivity index is 2.81. The molecular weight excluding hydrogens is 292 g/mol. The SMILES string of the molecule is CCOc1ccc(C(=O)O[C@H](C)C(=O)NC(N)=O)cc1OC. The van der Waals surface area contributed by atoms with Crippen molar-refractivity contribution in [2.75, 3.05) is 13.7 Å². The quantitative estimate of drug-likeness (QED) is 0.752. The van der Waals surface area contributed by atoms with Crippen LogP contribution in [0.4, 0.5) is 4.79 Å². The van der Waals surface area contributed by atoms with E-state index in [0.29, 0.717) is 18.1 Å². The van der Waals surface area contributed by atoms with Crippen molar-refractivity contribution in [3.8, 4) is 11.5 Å². The Morgan fingerprint density at radius 2 is 1.95 bits per heavy atom. The summed E-state index contributed by atoms with van der Waals surface area (Å²) in [5.41, 5.74) is 4.99. The second-order valence-electron chi connectivity index (χ2n) is 4.20. The molecule has 0 saturated carbocycles. The van der Waals surface area contributed by atoms with E-state index in [1.54, 1.807) is 6.07 Å². The van der Waals surface area contributed by atoms with Crippen molar-refractivity contribution in [3.63, 3.8) is 0 Å². The van der Waals surface area contributed by atoms with Gasteiger partial charge in [-0.2, -0.15) is 0 Å². The van der Waals surface area contributed by atoms with Crippen molar-refractivity contribution in [2.24, 2.45) is 5.73 Å². The summed E-state index contributed by atoms with van der Waals surface area (Å²) in [5.74, 6) is -0.696. The Morgan fingerprint density at radius 1 is 1.27 bits per heavy atom. The zero-order valence-electron chi connectivity index (χ0n) is 12.5. The van der Waals surface area contributed by atoms with Gasteiger partial charge in [0, 0.05) is 0 Å². The van der Waals surface area contributed by atoms with Crippen molar-refractivity contribution >= 4 is 17.9 Å². The monoisotopic (exact) mass is 310 g/mol. The van der Waals surface area contributed by atoms with Gasteiger partial charge in [0.1, 0.15) is 0 Å². The fourth-order valence-electron chi connectivity index (χ4n) is 1.57. The Hall–Kier alpha value is -2.77. The van der Waals surface area contributed by atoms with Crippen LogP contribution in [-0.2, 0) is 9.53 Å². The van der Waals surface area contributed by atoms with Gasteiger partial charge in [-0.3, -0.25) is 10.1 Å². The van der Waals surface area contributed by atoms with Crippen LogP contribution in [0.25, 0.3) is 0 Å². The fourth-order valence-corrected chi connectivity index (χ4v) is 1.57. The second-order valence-corrected chi connectivity index (χ2v) is 4.20. The third-order valence-corrected chi connectivity index (χ3v) is 2.60. The van der Waals surface area contributed by atoms with Gasteiger partial charge in [0.05, 0.1) is 19.3 Å². The Morgan fingerprint density at radius 3 is 2.50 bits per heavy atom. The molecule has 1 aromatic rings. The highest BCUT2D eigenvalue weighted by atomic mass is 16.5. The van der Waals surface area contributed by atoms with Crippen LogP contribution in [-0.4, -0.2) is 37.7 Å². The highest BCUT2D eigenvalue weighted by Crippen LogP contribution is 2.28. The molecule has 3 amide bonds. The smallest absolute Gasteiger partial charge is 0.339 e. The molecule has 22 heavy (non-hydrogen) atoms. The molecule has 0 spiro atoms. The van der Waals surface area contributed by atoms with E-state index in [2.05, 4.69) is 0 Å². The van der Waals surface area contributed by atoms with Gasteiger partial charge in [-0.25, -0.2) is 9.59 Å². The molecule has 0 heterocycles. The van der Waals surface area contributed by atoms with Crippen molar-refractivity contribution < 1.29 is 28.6 Å². The first-order valence-electron chi connectivity index (χ1n) is 6.51. The third-order valence-electron chi connectivity index (χ3n) is 2.60. The minimum Gasteiger partial charge on any atom is -0.493 e. The lowest BCUT2D eigenvalue weighted by Gasteiger charge is -2.13. The molecule has 1 rings (SSSR count). The molecule has 120 valence electrons. The highest BCUT2D eigenvalue weighted by Gasteiger charge is 2.21. The topological polar surface area (TPSA) is 117 Å². The molecule has 0 unspecified atom stereocenters. The van der Waals surface area contributed by atoms with Crippen LogP contribution in [0.2, 0.25) is 0 Å². The van der Waals surface area contributed by atoms with Crippen LogP contribution < -0.4 is 20.5 Å². The number of primary amides is 1. The Kier molecular flexibility index (Phi) is 6.18. The standard InChI is InChI=1S/C14H18N2O6/c1-4-21-10-6-5-9(7-11(10)20-3)13(18)22-8(2)12(17)16-14(15)19/h5-8H,4H2,1-3H3,(H3,15,16,17,19)/t8-/m1/s1. The van der Waals surface area contributed by atoms with Gasteiger partial charge in [0.25, 0.3) is 5.91 Å². The number of rotatable bonds is 6. The van der Waals surface area contributed by atoms with Gasteiger partial charge in [-0.15, -0.1) is 0 Å². The largest absolute Gasteiger partial charge is 0.493 e. The number of carbonyl (C=O) groups excluding carboxylic acids is 3. The molecule has 1 aromatic carbocycles. The zero-order valence-corrected chi connectivity index (χ0v) is 12.5. The molecule has 0 aliphatic carbocycles. The molecule has 8 nitrogen and oxygen atoms in total. The van der Waals surface area contributed by atoms with E-state index in [1.165, 1.54) is 26.2 Å². The zero-order chi connectivity index (χ0) is 16.7. The molecule has 0 aliphatic rings. The maximum absolute atomic E-state index is 12.0. The number of urea groups is 1. The van der Waals surface area contributed by atoms with E-state index >= 15 is 0 Å².